The van der Waals surface area contributed by atoms with Crippen molar-refractivity contribution in [2.75, 3.05) is 4.90 Å². The summed E-state index contributed by atoms with van der Waals surface area (Å²) in [6.07, 6.45) is -4.52. The third-order valence-corrected chi connectivity index (χ3v) is 4.63. The van der Waals surface area contributed by atoms with Gasteiger partial charge in [-0.2, -0.15) is 13.2 Å². The number of carboxylic acid groups (broad SMARTS) is 1. The van der Waals surface area contributed by atoms with Crippen LogP contribution < -0.4 is 9.64 Å². The molecule has 3 aromatic rings. The Hall–Kier alpha value is -3.81. The molecule has 0 unspecified atom stereocenters. The maximum atomic E-state index is 13.1. The Morgan fingerprint density at radius 1 is 0.906 bits per heavy atom. The van der Waals surface area contributed by atoms with Crippen LogP contribution in [-0.4, -0.2) is 23.0 Å². The second-order valence-corrected chi connectivity index (χ2v) is 7.24. The highest BCUT2D eigenvalue weighted by molar-refractivity contribution is 6.09. The molecule has 32 heavy (non-hydrogen) atoms. The quantitative estimate of drug-likeness (QED) is 0.489. The van der Waals surface area contributed by atoms with Crippen LogP contribution in [0.2, 0.25) is 0 Å². The molecular formula is C24H20F3NO4. The number of hydrogen-bond donors (Lipinski definition) is 1. The maximum absolute atomic E-state index is 13.1. The van der Waals surface area contributed by atoms with E-state index in [2.05, 4.69) is 0 Å². The summed E-state index contributed by atoms with van der Waals surface area (Å²) in [5, 5.41) is 9.75. The fraction of sp³-hybridized carbons (Fsp3) is 0.167. The van der Waals surface area contributed by atoms with Gasteiger partial charge in [-0.15, -0.1) is 0 Å². The lowest BCUT2D eigenvalue weighted by molar-refractivity contribution is -0.137. The standard InChI is InChI=1S/C24H20F3NO4/c1-15(2)28(22(29)16-8-10-17(11-9-16)24(25,26)27)21-13-12-19(14-20(21)23(30)31)32-18-6-4-3-5-7-18/h3-15H,1-2H3,(H,30,31). The molecule has 166 valence electrons. The molecule has 0 aromatic heterocycles. The van der Waals surface area contributed by atoms with Crippen molar-refractivity contribution in [3.05, 3.63) is 89.5 Å². The van der Waals surface area contributed by atoms with Gasteiger partial charge in [0.1, 0.15) is 11.5 Å². The molecule has 0 saturated heterocycles. The highest BCUT2D eigenvalue weighted by atomic mass is 19.4. The Kier molecular flexibility index (Phi) is 6.53. The summed E-state index contributed by atoms with van der Waals surface area (Å²) in [5.41, 5.74) is -0.934. The molecule has 0 aliphatic carbocycles. The molecule has 3 rings (SSSR count). The van der Waals surface area contributed by atoms with E-state index >= 15 is 0 Å². The van der Waals surface area contributed by atoms with Crippen LogP contribution in [0, 0.1) is 0 Å². The maximum Gasteiger partial charge on any atom is 0.416 e. The van der Waals surface area contributed by atoms with E-state index in [9.17, 15) is 27.9 Å². The molecule has 0 saturated carbocycles. The number of rotatable bonds is 6. The van der Waals surface area contributed by atoms with Crippen molar-refractivity contribution in [3.63, 3.8) is 0 Å². The van der Waals surface area contributed by atoms with Gasteiger partial charge < -0.3 is 14.7 Å². The minimum atomic E-state index is -4.52. The number of carbonyl (C=O) groups is 2. The molecule has 1 N–H and O–H groups in total. The molecule has 0 aliphatic rings. The Bertz CT molecular complexity index is 1110. The molecule has 0 heterocycles. The number of amides is 1. The zero-order valence-corrected chi connectivity index (χ0v) is 17.3. The summed E-state index contributed by atoms with van der Waals surface area (Å²) in [6, 6.07) is 16.4. The minimum Gasteiger partial charge on any atom is -0.478 e. The van der Waals surface area contributed by atoms with E-state index < -0.39 is 29.7 Å². The van der Waals surface area contributed by atoms with Crippen LogP contribution >= 0.6 is 0 Å². The van der Waals surface area contributed by atoms with E-state index in [1.807, 2.05) is 6.07 Å². The third kappa shape index (κ3) is 5.08. The van der Waals surface area contributed by atoms with Crippen molar-refractivity contribution in [2.24, 2.45) is 0 Å². The van der Waals surface area contributed by atoms with Gasteiger partial charge >= 0.3 is 12.1 Å². The number of halogens is 3. The van der Waals surface area contributed by atoms with Crippen molar-refractivity contribution >= 4 is 17.6 Å². The van der Waals surface area contributed by atoms with Crippen LogP contribution in [0.3, 0.4) is 0 Å². The van der Waals surface area contributed by atoms with Gasteiger partial charge in [0.15, 0.2) is 0 Å². The average Bonchev–Trinajstić information content (AvgIpc) is 2.74. The number of para-hydroxylation sites is 1. The van der Waals surface area contributed by atoms with Crippen molar-refractivity contribution in [2.45, 2.75) is 26.1 Å². The number of alkyl halides is 3. The summed E-state index contributed by atoms with van der Waals surface area (Å²) < 4.78 is 44.2. The zero-order valence-electron chi connectivity index (χ0n) is 17.3. The van der Waals surface area contributed by atoms with Gasteiger partial charge in [-0.25, -0.2) is 4.79 Å². The molecule has 3 aromatic carbocycles. The van der Waals surface area contributed by atoms with Crippen molar-refractivity contribution in [1.82, 2.24) is 0 Å². The Morgan fingerprint density at radius 3 is 2.06 bits per heavy atom. The first-order chi connectivity index (χ1) is 15.1. The number of nitrogens with zero attached hydrogens (tertiary/aromatic N) is 1. The number of hydrogen-bond acceptors (Lipinski definition) is 3. The van der Waals surface area contributed by atoms with Crippen molar-refractivity contribution < 1.29 is 32.6 Å². The molecule has 0 atom stereocenters. The summed E-state index contributed by atoms with van der Waals surface area (Å²) in [7, 11) is 0. The lowest BCUT2D eigenvalue weighted by atomic mass is 10.1. The highest BCUT2D eigenvalue weighted by Gasteiger charge is 2.31. The van der Waals surface area contributed by atoms with Gasteiger partial charge in [0, 0.05) is 11.6 Å². The summed E-state index contributed by atoms with van der Waals surface area (Å²) >= 11 is 0. The zero-order chi connectivity index (χ0) is 23.5. The van der Waals surface area contributed by atoms with Gasteiger partial charge in [0.05, 0.1) is 16.8 Å². The minimum absolute atomic E-state index is 0.00708. The number of ether oxygens (including phenoxy) is 1. The van der Waals surface area contributed by atoms with E-state index in [0.717, 1.165) is 24.3 Å². The van der Waals surface area contributed by atoms with Crippen LogP contribution in [-0.2, 0) is 6.18 Å². The summed E-state index contributed by atoms with van der Waals surface area (Å²) in [4.78, 5) is 26.3. The number of carboxylic acids is 1. The molecule has 8 heteroatoms. The predicted molar refractivity (Wildman–Crippen MR) is 113 cm³/mol. The second kappa shape index (κ2) is 9.13. The van der Waals surface area contributed by atoms with Gasteiger partial charge in [0.2, 0.25) is 0 Å². The fourth-order valence-electron chi connectivity index (χ4n) is 3.15. The predicted octanol–water partition coefficient (Wildman–Crippen LogP) is 6.25. The number of carbonyl (C=O) groups excluding carboxylic acids is 1. The number of aromatic carboxylic acids is 1. The topological polar surface area (TPSA) is 66.8 Å². The van der Waals surface area contributed by atoms with Crippen LogP contribution in [0.15, 0.2) is 72.8 Å². The summed E-state index contributed by atoms with van der Waals surface area (Å²) in [6.45, 7) is 3.37. The number of anilines is 1. The Morgan fingerprint density at radius 2 is 1.53 bits per heavy atom. The Balaban J connectivity index is 1.98. The molecule has 0 bridgehead atoms. The monoisotopic (exact) mass is 443 g/mol. The van der Waals surface area contributed by atoms with Crippen LogP contribution in [0.5, 0.6) is 11.5 Å². The largest absolute Gasteiger partial charge is 0.478 e. The second-order valence-electron chi connectivity index (χ2n) is 7.24. The van der Waals surface area contributed by atoms with Gasteiger partial charge in [-0.3, -0.25) is 4.79 Å². The lowest BCUT2D eigenvalue weighted by Crippen LogP contribution is -2.38. The summed E-state index contributed by atoms with van der Waals surface area (Å²) in [5.74, 6) is -1.11. The molecule has 0 radical (unpaired) electrons. The van der Waals surface area contributed by atoms with Gasteiger partial charge in [-0.05, 0) is 68.4 Å². The fourth-order valence-corrected chi connectivity index (χ4v) is 3.15. The Labute approximate surface area is 182 Å². The van der Waals surface area contributed by atoms with E-state index in [0.29, 0.717) is 5.75 Å². The van der Waals surface area contributed by atoms with E-state index in [1.165, 1.54) is 23.1 Å². The van der Waals surface area contributed by atoms with E-state index in [-0.39, 0.29) is 22.6 Å². The first-order valence-corrected chi connectivity index (χ1v) is 9.69. The van der Waals surface area contributed by atoms with Crippen molar-refractivity contribution in [1.29, 1.82) is 0 Å². The van der Waals surface area contributed by atoms with Gasteiger partial charge in [-0.1, -0.05) is 18.2 Å². The average molecular weight is 443 g/mol. The van der Waals surface area contributed by atoms with E-state index in [1.54, 1.807) is 38.1 Å². The van der Waals surface area contributed by atoms with Crippen molar-refractivity contribution in [3.8, 4) is 11.5 Å². The third-order valence-electron chi connectivity index (χ3n) is 4.63. The van der Waals surface area contributed by atoms with E-state index in [4.69, 9.17) is 4.74 Å². The SMILES string of the molecule is CC(C)N(C(=O)c1ccc(C(F)(F)F)cc1)c1ccc(Oc2ccccc2)cc1C(=O)O. The number of benzene rings is 3. The van der Waals surface area contributed by atoms with Crippen LogP contribution in [0.4, 0.5) is 18.9 Å². The molecule has 0 aliphatic heterocycles. The molecule has 1 amide bonds. The highest BCUT2D eigenvalue weighted by Crippen LogP contribution is 2.32. The first kappa shape index (κ1) is 22.9. The lowest BCUT2D eigenvalue weighted by Gasteiger charge is -2.28. The van der Waals surface area contributed by atoms with Crippen LogP contribution in [0.1, 0.15) is 40.1 Å². The van der Waals surface area contributed by atoms with Gasteiger partial charge in [0.25, 0.3) is 5.91 Å². The molecular weight excluding hydrogens is 423 g/mol. The normalized spacial score (nSPS) is 11.3. The first-order valence-electron chi connectivity index (χ1n) is 9.69. The molecule has 0 fully saturated rings. The molecule has 5 nitrogen and oxygen atoms in total. The smallest absolute Gasteiger partial charge is 0.416 e. The van der Waals surface area contributed by atoms with Crippen LogP contribution in [0.25, 0.3) is 0 Å². The molecule has 0 spiro atoms.